The molecule has 0 saturated carbocycles. The lowest BCUT2D eigenvalue weighted by molar-refractivity contribution is 0.0687. The molecule has 0 spiro atoms. The van der Waals surface area contributed by atoms with E-state index in [1.807, 2.05) is 11.8 Å². The fourth-order valence-electron chi connectivity index (χ4n) is 3.10. The zero-order valence-electron chi connectivity index (χ0n) is 13.6. The largest absolute Gasteiger partial charge is 0.366 e. The third kappa shape index (κ3) is 3.08. The number of hydrogen-bond acceptors (Lipinski definition) is 5. The van der Waals surface area contributed by atoms with E-state index in [0.717, 1.165) is 46.0 Å². The van der Waals surface area contributed by atoms with Gasteiger partial charge in [0.2, 0.25) is 0 Å². The Morgan fingerprint density at radius 1 is 1.57 bits per heavy atom. The summed E-state index contributed by atoms with van der Waals surface area (Å²) in [6.07, 6.45) is 5.62. The van der Waals surface area contributed by atoms with Crippen molar-refractivity contribution in [3.8, 4) is 0 Å². The number of hydrogen-bond donors (Lipinski definition) is 1. The minimum Gasteiger partial charge on any atom is -0.366 e. The maximum atomic E-state index is 12.9. The Hall–Kier alpha value is -1.95. The lowest BCUT2D eigenvalue weighted by Crippen LogP contribution is -2.38. The predicted octanol–water partition coefficient (Wildman–Crippen LogP) is 3.47. The number of piperidine rings is 1. The topological polar surface area (TPSA) is 58.1 Å². The van der Waals surface area contributed by atoms with Crippen LogP contribution in [0.2, 0.25) is 0 Å². The van der Waals surface area contributed by atoms with E-state index in [1.165, 1.54) is 17.8 Å². The van der Waals surface area contributed by atoms with Gasteiger partial charge in [0, 0.05) is 19.6 Å². The molecule has 1 fully saturated rings. The number of rotatable bonds is 4. The summed E-state index contributed by atoms with van der Waals surface area (Å²) in [6, 6.07) is 0. The van der Waals surface area contributed by atoms with Crippen molar-refractivity contribution < 1.29 is 4.79 Å². The molecule has 0 aromatic carbocycles. The minimum atomic E-state index is 0.131. The first-order valence-electron chi connectivity index (χ1n) is 8.00. The molecule has 3 heterocycles. The lowest BCUT2D eigenvalue weighted by atomic mass is 10.00. The quantitative estimate of drug-likeness (QED) is 0.872. The molecule has 1 saturated heterocycles. The number of fused-ring (bicyclic) bond motifs is 1. The molecule has 1 amide bonds. The maximum Gasteiger partial charge on any atom is 0.264 e. The SMILES string of the molecule is C=CCNc1ncnc2sc(C(=O)N3CCC[C@@H](C)C3)c(C)c12. The third-order valence-corrected chi connectivity index (χ3v) is 5.47. The van der Waals surface area contributed by atoms with E-state index >= 15 is 0 Å². The number of thiophene rings is 1. The summed E-state index contributed by atoms with van der Waals surface area (Å²) in [7, 11) is 0. The monoisotopic (exact) mass is 330 g/mol. The molecule has 0 radical (unpaired) electrons. The van der Waals surface area contributed by atoms with Gasteiger partial charge in [-0.25, -0.2) is 9.97 Å². The molecule has 1 atom stereocenters. The van der Waals surface area contributed by atoms with Crippen LogP contribution < -0.4 is 5.32 Å². The summed E-state index contributed by atoms with van der Waals surface area (Å²) in [5.41, 5.74) is 0.973. The van der Waals surface area contributed by atoms with Gasteiger partial charge in [-0.2, -0.15) is 0 Å². The third-order valence-electron chi connectivity index (χ3n) is 4.28. The van der Waals surface area contributed by atoms with Crippen LogP contribution in [-0.2, 0) is 0 Å². The van der Waals surface area contributed by atoms with Crippen LogP contribution in [0.3, 0.4) is 0 Å². The molecule has 1 N–H and O–H groups in total. The summed E-state index contributed by atoms with van der Waals surface area (Å²) in [4.78, 5) is 25.2. The van der Waals surface area contributed by atoms with Gasteiger partial charge >= 0.3 is 0 Å². The Morgan fingerprint density at radius 2 is 2.39 bits per heavy atom. The molecular formula is C17H22N4OS. The van der Waals surface area contributed by atoms with Crippen molar-refractivity contribution in [2.45, 2.75) is 26.7 Å². The number of nitrogens with zero attached hydrogens (tertiary/aromatic N) is 3. The maximum absolute atomic E-state index is 12.9. The van der Waals surface area contributed by atoms with Crippen LogP contribution >= 0.6 is 11.3 Å². The van der Waals surface area contributed by atoms with E-state index in [2.05, 4.69) is 28.8 Å². The standard InChI is InChI=1S/C17H22N4OS/c1-4-7-18-15-13-12(3)14(23-16(13)20-10-19-15)17(22)21-8-5-6-11(2)9-21/h4,10-11H,1,5-9H2,2-3H3,(H,18,19,20)/t11-/m1/s1. The number of carbonyl (C=O) groups excluding carboxylic acids is 1. The summed E-state index contributed by atoms with van der Waals surface area (Å²) < 4.78 is 0. The van der Waals surface area contributed by atoms with Crippen molar-refractivity contribution in [2.24, 2.45) is 5.92 Å². The summed E-state index contributed by atoms with van der Waals surface area (Å²) in [6.45, 7) is 10.2. The smallest absolute Gasteiger partial charge is 0.264 e. The predicted molar refractivity (Wildman–Crippen MR) is 95.1 cm³/mol. The Bertz CT molecular complexity index is 740. The second-order valence-electron chi connectivity index (χ2n) is 6.13. The number of nitrogens with one attached hydrogen (secondary N) is 1. The van der Waals surface area contributed by atoms with Gasteiger partial charge < -0.3 is 10.2 Å². The van der Waals surface area contributed by atoms with Crippen molar-refractivity contribution >= 4 is 33.3 Å². The minimum absolute atomic E-state index is 0.131. The van der Waals surface area contributed by atoms with Crippen molar-refractivity contribution in [3.63, 3.8) is 0 Å². The summed E-state index contributed by atoms with van der Waals surface area (Å²) in [5, 5.41) is 4.18. The Kier molecular flexibility index (Phi) is 4.61. The van der Waals surface area contributed by atoms with Crippen LogP contribution in [0.25, 0.3) is 10.2 Å². The highest BCUT2D eigenvalue weighted by molar-refractivity contribution is 7.20. The molecular weight excluding hydrogens is 308 g/mol. The van der Waals surface area contributed by atoms with Gasteiger partial charge in [0.05, 0.1) is 10.3 Å². The molecule has 0 aliphatic carbocycles. The highest BCUT2D eigenvalue weighted by Crippen LogP contribution is 2.34. The number of likely N-dealkylation sites (tertiary alicyclic amines) is 1. The van der Waals surface area contributed by atoms with E-state index in [0.29, 0.717) is 12.5 Å². The normalized spacial score (nSPS) is 18.2. The molecule has 2 aromatic heterocycles. The van der Waals surface area contributed by atoms with Crippen molar-refractivity contribution in [2.75, 3.05) is 25.0 Å². The van der Waals surface area contributed by atoms with Crippen molar-refractivity contribution in [1.29, 1.82) is 0 Å². The van der Waals surface area contributed by atoms with Gasteiger partial charge in [-0.1, -0.05) is 13.0 Å². The molecule has 0 bridgehead atoms. The van der Waals surface area contributed by atoms with E-state index in [9.17, 15) is 4.79 Å². The number of carbonyl (C=O) groups is 1. The van der Waals surface area contributed by atoms with Gasteiger partial charge in [0.1, 0.15) is 17.0 Å². The number of aryl methyl sites for hydroxylation is 1. The van der Waals surface area contributed by atoms with Crippen molar-refractivity contribution in [1.82, 2.24) is 14.9 Å². The van der Waals surface area contributed by atoms with Crippen LogP contribution in [0.4, 0.5) is 5.82 Å². The first kappa shape index (κ1) is 15.9. The molecule has 0 unspecified atom stereocenters. The molecule has 23 heavy (non-hydrogen) atoms. The van der Waals surface area contributed by atoms with Gasteiger partial charge in [-0.15, -0.1) is 17.9 Å². The highest BCUT2D eigenvalue weighted by Gasteiger charge is 2.26. The molecule has 3 rings (SSSR count). The Morgan fingerprint density at radius 3 is 3.13 bits per heavy atom. The van der Waals surface area contributed by atoms with Crippen LogP contribution in [0.1, 0.15) is 35.0 Å². The van der Waals surface area contributed by atoms with Gasteiger partial charge in [-0.3, -0.25) is 4.79 Å². The van der Waals surface area contributed by atoms with Crippen molar-refractivity contribution in [3.05, 3.63) is 29.4 Å². The first-order valence-corrected chi connectivity index (χ1v) is 8.81. The first-order chi connectivity index (χ1) is 11.1. The average Bonchev–Trinajstić information content (AvgIpc) is 2.90. The van der Waals surface area contributed by atoms with Crippen LogP contribution in [0, 0.1) is 12.8 Å². The molecule has 1 aliphatic heterocycles. The average molecular weight is 330 g/mol. The van der Waals surface area contributed by atoms with Gasteiger partial charge in [0.25, 0.3) is 5.91 Å². The van der Waals surface area contributed by atoms with E-state index in [4.69, 9.17) is 0 Å². The van der Waals surface area contributed by atoms with Crippen LogP contribution in [0.5, 0.6) is 0 Å². The van der Waals surface area contributed by atoms with Gasteiger partial charge in [-0.05, 0) is 31.2 Å². The zero-order chi connectivity index (χ0) is 16.4. The van der Waals surface area contributed by atoms with Crippen LogP contribution in [0.15, 0.2) is 19.0 Å². The number of amides is 1. The molecule has 5 nitrogen and oxygen atoms in total. The zero-order valence-corrected chi connectivity index (χ0v) is 14.4. The fraction of sp³-hybridized carbons (Fsp3) is 0.471. The van der Waals surface area contributed by atoms with E-state index < -0.39 is 0 Å². The van der Waals surface area contributed by atoms with E-state index in [-0.39, 0.29) is 5.91 Å². The fourth-order valence-corrected chi connectivity index (χ4v) is 4.21. The molecule has 1 aliphatic rings. The molecule has 6 heteroatoms. The second-order valence-corrected chi connectivity index (χ2v) is 7.13. The van der Waals surface area contributed by atoms with Gasteiger partial charge in [0.15, 0.2) is 0 Å². The second kappa shape index (κ2) is 6.66. The van der Waals surface area contributed by atoms with E-state index in [1.54, 1.807) is 12.4 Å². The Labute approximate surface area is 140 Å². The van der Waals surface area contributed by atoms with Crippen LogP contribution in [-0.4, -0.2) is 40.4 Å². The number of aromatic nitrogens is 2. The number of anilines is 1. The highest BCUT2D eigenvalue weighted by atomic mass is 32.1. The molecule has 2 aromatic rings. The Balaban J connectivity index is 1.96. The molecule has 122 valence electrons. The summed E-state index contributed by atoms with van der Waals surface area (Å²) in [5.74, 6) is 1.48. The lowest BCUT2D eigenvalue weighted by Gasteiger charge is -2.30. The summed E-state index contributed by atoms with van der Waals surface area (Å²) >= 11 is 1.47.